The van der Waals surface area contributed by atoms with Crippen molar-refractivity contribution in [3.8, 4) is 0 Å². The molecule has 0 N–H and O–H groups in total. The monoisotopic (exact) mass is 222 g/mol. The highest BCUT2D eigenvalue weighted by Gasteiger charge is 2.00. The van der Waals surface area contributed by atoms with Crippen molar-refractivity contribution in [3.05, 3.63) is 22.2 Å². The van der Waals surface area contributed by atoms with E-state index < -0.39 is 0 Å². The Hall–Kier alpha value is 0.01000. The summed E-state index contributed by atoms with van der Waals surface area (Å²) in [7, 11) is 0. The van der Waals surface area contributed by atoms with Gasteiger partial charge in [-0.2, -0.15) is 11.8 Å². The van der Waals surface area contributed by atoms with E-state index in [1.807, 2.05) is 0 Å². The zero-order chi connectivity index (χ0) is 8.97. The minimum atomic E-state index is 0.404. The van der Waals surface area contributed by atoms with Gasteiger partial charge in [-0.1, -0.05) is 30.1 Å². The molecule has 0 spiro atoms. The topological polar surface area (TPSA) is 25.8 Å². The van der Waals surface area contributed by atoms with Gasteiger partial charge in [0.15, 0.2) is 0 Å². The predicted octanol–water partition coefficient (Wildman–Crippen LogP) is 3.04. The van der Waals surface area contributed by atoms with Crippen molar-refractivity contribution < 1.29 is 0 Å². The van der Waals surface area contributed by atoms with Crippen molar-refractivity contribution in [1.29, 1.82) is 0 Å². The first-order valence-corrected chi connectivity index (χ1v) is 5.40. The lowest BCUT2D eigenvalue weighted by molar-refractivity contribution is 1.03. The van der Waals surface area contributed by atoms with E-state index in [1.54, 1.807) is 11.8 Å². The van der Waals surface area contributed by atoms with Gasteiger partial charge in [0.05, 0.1) is 5.75 Å². The Morgan fingerprint density at radius 3 is 2.42 bits per heavy atom. The summed E-state index contributed by atoms with van der Waals surface area (Å²) in [5, 5.41) is 0.809. The molecule has 0 fully saturated rings. The molecule has 0 aromatic carbocycles. The number of thioether (sulfide) groups is 1. The third kappa shape index (κ3) is 3.17. The van der Waals surface area contributed by atoms with Crippen molar-refractivity contribution >= 4 is 35.0 Å². The Bertz CT molecular complexity index is 247. The lowest BCUT2D eigenvalue weighted by Gasteiger charge is -1.98. The highest BCUT2D eigenvalue weighted by molar-refractivity contribution is 7.98. The molecule has 0 saturated carbocycles. The van der Waals surface area contributed by atoms with Crippen molar-refractivity contribution in [2.45, 2.75) is 12.7 Å². The van der Waals surface area contributed by atoms with Crippen molar-refractivity contribution in [1.82, 2.24) is 9.97 Å². The molecule has 66 valence electrons. The summed E-state index contributed by atoms with van der Waals surface area (Å²) in [6.45, 7) is 2.08. The van der Waals surface area contributed by atoms with Gasteiger partial charge in [-0.15, -0.1) is 0 Å². The number of rotatable bonds is 3. The van der Waals surface area contributed by atoms with E-state index in [1.165, 1.54) is 6.07 Å². The number of hydrogen-bond donors (Lipinski definition) is 0. The fraction of sp³-hybridized carbons (Fsp3) is 0.429. The van der Waals surface area contributed by atoms with Gasteiger partial charge in [-0.3, -0.25) is 0 Å². The maximum atomic E-state index is 5.68. The molecule has 2 nitrogen and oxygen atoms in total. The second-order valence-corrected chi connectivity index (χ2v) is 4.12. The summed E-state index contributed by atoms with van der Waals surface area (Å²) in [4.78, 5) is 8.04. The Kier molecular flexibility index (Phi) is 4.12. The molecule has 5 heteroatoms. The first kappa shape index (κ1) is 10.1. The summed E-state index contributed by atoms with van der Waals surface area (Å²) < 4.78 is 0. The smallest absolute Gasteiger partial charge is 0.141 e. The average Bonchev–Trinajstić information content (AvgIpc) is 1.99. The molecule has 0 atom stereocenters. The lowest BCUT2D eigenvalue weighted by atomic mass is 10.6. The van der Waals surface area contributed by atoms with E-state index in [0.717, 1.165) is 11.5 Å². The van der Waals surface area contributed by atoms with Crippen LogP contribution in [0.5, 0.6) is 0 Å². The molecule has 0 saturated heterocycles. The molecule has 1 rings (SSSR count). The Labute approximate surface area is 85.7 Å². The maximum Gasteiger partial charge on any atom is 0.141 e. The first-order chi connectivity index (χ1) is 5.72. The van der Waals surface area contributed by atoms with Gasteiger partial charge in [0.1, 0.15) is 16.1 Å². The van der Waals surface area contributed by atoms with Gasteiger partial charge in [0.25, 0.3) is 0 Å². The van der Waals surface area contributed by atoms with Crippen LogP contribution in [-0.2, 0) is 5.75 Å². The Balaban J connectivity index is 2.72. The minimum Gasteiger partial charge on any atom is -0.220 e. The Morgan fingerprint density at radius 1 is 1.33 bits per heavy atom. The zero-order valence-corrected chi connectivity index (χ0v) is 8.88. The van der Waals surface area contributed by atoms with E-state index in [-0.39, 0.29) is 0 Å². The first-order valence-electron chi connectivity index (χ1n) is 3.49. The van der Waals surface area contributed by atoms with Crippen LogP contribution in [0.15, 0.2) is 6.07 Å². The molecule has 1 aromatic heterocycles. The standard InChI is InChI=1S/C7H8Cl2N2S/c1-2-12-4-7-10-5(8)3-6(9)11-7/h3H,2,4H2,1H3. The van der Waals surface area contributed by atoms with Gasteiger partial charge in [-0.05, 0) is 5.75 Å². The molecule has 0 amide bonds. The van der Waals surface area contributed by atoms with E-state index >= 15 is 0 Å². The lowest BCUT2D eigenvalue weighted by Crippen LogP contribution is -1.93. The second-order valence-electron chi connectivity index (χ2n) is 2.07. The van der Waals surface area contributed by atoms with Gasteiger partial charge < -0.3 is 0 Å². The van der Waals surface area contributed by atoms with Crippen molar-refractivity contribution in [2.75, 3.05) is 5.75 Å². The molecular weight excluding hydrogens is 215 g/mol. The summed E-state index contributed by atoms with van der Waals surface area (Å²) in [6.07, 6.45) is 0. The molecule has 0 bridgehead atoms. The van der Waals surface area contributed by atoms with Crippen LogP contribution < -0.4 is 0 Å². The average molecular weight is 223 g/mol. The van der Waals surface area contributed by atoms with Crippen LogP contribution in [0.3, 0.4) is 0 Å². The largest absolute Gasteiger partial charge is 0.220 e. The maximum absolute atomic E-state index is 5.68. The predicted molar refractivity (Wildman–Crippen MR) is 53.9 cm³/mol. The molecule has 0 aliphatic carbocycles. The van der Waals surface area contributed by atoms with E-state index in [2.05, 4.69) is 16.9 Å². The van der Waals surface area contributed by atoms with E-state index in [4.69, 9.17) is 23.2 Å². The Morgan fingerprint density at radius 2 is 1.92 bits per heavy atom. The van der Waals surface area contributed by atoms with Crippen molar-refractivity contribution in [2.24, 2.45) is 0 Å². The second kappa shape index (κ2) is 4.90. The highest BCUT2D eigenvalue weighted by Crippen LogP contribution is 2.14. The third-order valence-corrected chi connectivity index (χ3v) is 2.40. The number of aromatic nitrogens is 2. The molecule has 0 unspecified atom stereocenters. The fourth-order valence-electron chi connectivity index (χ4n) is 0.692. The SMILES string of the molecule is CCSCc1nc(Cl)cc(Cl)n1. The summed E-state index contributed by atoms with van der Waals surface area (Å²) >= 11 is 13.1. The quantitative estimate of drug-likeness (QED) is 0.736. The fourth-order valence-corrected chi connectivity index (χ4v) is 1.67. The van der Waals surface area contributed by atoms with Gasteiger partial charge in [-0.25, -0.2) is 9.97 Å². The molecule has 0 aliphatic rings. The summed E-state index contributed by atoms with van der Waals surface area (Å²) in [6, 6.07) is 1.53. The van der Waals surface area contributed by atoms with Gasteiger partial charge >= 0.3 is 0 Å². The van der Waals surface area contributed by atoms with E-state index in [9.17, 15) is 0 Å². The zero-order valence-electron chi connectivity index (χ0n) is 6.55. The summed E-state index contributed by atoms with van der Waals surface area (Å²) in [5.41, 5.74) is 0. The molecule has 0 aliphatic heterocycles. The van der Waals surface area contributed by atoms with Gasteiger partial charge in [0, 0.05) is 6.07 Å². The molecule has 0 radical (unpaired) electrons. The minimum absolute atomic E-state index is 0.404. The van der Waals surface area contributed by atoms with Crippen LogP contribution in [-0.4, -0.2) is 15.7 Å². The molecule has 12 heavy (non-hydrogen) atoms. The molecule has 1 heterocycles. The number of hydrogen-bond acceptors (Lipinski definition) is 3. The van der Waals surface area contributed by atoms with Crippen molar-refractivity contribution in [3.63, 3.8) is 0 Å². The third-order valence-electron chi connectivity index (χ3n) is 1.15. The van der Waals surface area contributed by atoms with Crippen LogP contribution >= 0.6 is 35.0 Å². The van der Waals surface area contributed by atoms with E-state index in [0.29, 0.717) is 16.1 Å². The molecule has 1 aromatic rings. The molecular formula is C7H8Cl2N2S. The van der Waals surface area contributed by atoms with Crippen LogP contribution in [0, 0.1) is 0 Å². The number of halogens is 2. The van der Waals surface area contributed by atoms with Gasteiger partial charge in [0.2, 0.25) is 0 Å². The van der Waals surface area contributed by atoms with Crippen LogP contribution in [0.4, 0.5) is 0 Å². The van der Waals surface area contributed by atoms with Crippen LogP contribution in [0.2, 0.25) is 10.3 Å². The van der Waals surface area contributed by atoms with Crippen LogP contribution in [0.25, 0.3) is 0 Å². The normalized spacial score (nSPS) is 10.2. The number of nitrogens with zero attached hydrogens (tertiary/aromatic N) is 2. The van der Waals surface area contributed by atoms with Crippen LogP contribution in [0.1, 0.15) is 12.7 Å². The highest BCUT2D eigenvalue weighted by atomic mass is 35.5. The summed E-state index contributed by atoms with van der Waals surface area (Å²) in [5.74, 6) is 2.49.